The van der Waals surface area contributed by atoms with Crippen molar-refractivity contribution in [3.05, 3.63) is 121 Å². The third-order valence-corrected chi connectivity index (χ3v) is 15.4. The predicted octanol–water partition coefficient (Wildman–Crippen LogP) is 12.3. The molecule has 0 aliphatic rings. The Labute approximate surface area is 242 Å². The SMILES string of the molecule is C[P+](C)(C[P+](c1ccccc1)(c1ccccc1)c1ccccc1)c1ccccc1.F[P-](F)(F)(F)(F)F.F[P-](F)(F)(F)(F)F. The van der Waals surface area contributed by atoms with Crippen LogP contribution in [0.25, 0.3) is 0 Å². The Hall–Kier alpha value is -2.24. The van der Waals surface area contributed by atoms with E-state index in [1.807, 2.05) is 0 Å². The Morgan fingerprint density at radius 2 is 0.558 bits per heavy atom. The molecule has 0 aromatic heterocycles. The maximum atomic E-state index is 9.87. The molecule has 0 bridgehead atoms. The number of hydrogen-bond acceptors (Lipinski definition) is 0. The topological polar surface area (TPSA) is 0 Å². The van der Waals surface area contributed by atoms with Crippen LogP contribution in [0.4, 0.5) is 50.4 Å². The molecule has 0 fully saturated rings. The monoisotopic (exact) mass is 704 g/mol. The first-order chi connectivity index (χ1) is 19.0. The predicted molar refractivity (Wildman–Crippen MR) is 162 cm³/mol. The van der Waals surface area contributed by atoms with Crippen LogP contribution in [0.2, 0.25) is 0 Å². The van der Waals surface area contributed by atoms with Crippen LogP contribution >= 0.6 is 30.1 Å². The first kappa shape index (κ1) is 36.9. The summed E-state index contributed by atoms with van der Waals surface area (Å²) in [5, 5.41) is 5.93. The van der Waals surface area contributed by atoms with Crippen LogP contribution in [-0.4, -0.2) is 19.2 Å². The second-order valence-electron chi connectivity index (χ2n) is 9.89. The van der Waals surface area contributed by atoms with E-state index < -0.39 is 30.1 Å². The van der Waals surface area contributed by atoms with Crippen LogP contribution < -0.4 is 21.2 Å². The van der Waals surface area contributed by atoms with Crippen LogP contribution in [0.1, 0.15) is 0 Å². The molecule has 0 unspecified atom stereocenters. The summed E-state index contributed by atoms with van der Waals surface area (Å²) in [6.45, 7) is 5.01. The van der Waals surface area contributed by atoms with Crippen LogP contribution in [0, 0.1) is 0 Å². The van der Waals surface area contributed by atoms with Crippen LogP contribution in [0.3, 0.4) is 0 Å². The summed E-state index contributed by atoms with van der Waals surface area (Å²) in [6.07, 6.45) is 0. The Balaban J connectivity index is 0.000000384. The molecule has 0 N–H and O–H groups in total. The zero-order chi connectivity index (χ0) is 33.0. The van der Waals surface area contributed by atoms with E-state index in [0.717, 1.165) is 0 Å². The van der Waals surface area contributed by atoms with Gasteiger partial charge in [0.2, 0.25) is 0 Å². The molecule has 0 aliphatic carbocycles. The van der Waals surface area contributed by atoms with Gasteiger partial charge in [-0.2, -0.15) is 0 Å². The van der Waals surface area contributed by atoms with Gasteiger partial charge in [0.1, 0.15) is 23.2 Å². The fourth-order valence-electron chi connectivity index (χ4n) is 4.18. The Morgan fingerprint density at radius 1 is 0.372 bits per heavy atom. The van der Waals surface area contributed by atoms with E-state index >= 15 is 0 Å². The van der Waals surface area contributed by atoms with Gasteiger partial charge in [-0.05, 0) is 48.5 Å². The molecule has 0 atom stereocenters. The Kier molecular flexibility index (Phi) is 9.70. The van der Waals surface area contributed by atoms with Crippen molar-refractivity contribution < 1.29 is 50.4 Å². The molecule has 4 rings (SSSR count). The van der Waals surface area contributed by atoms with Crippen molar-refractivity contribution in [3.63, 3.8) is 0 Å². The number of benzene rings is 4. The van der Waals surface area contributed by atoms with Gasteiger partial charge < -0.3 is 0 Å². The third kappa shape index (κ3) is 15.9. The molecule has 0 aliphatic heterocycles. The molecule has 240 valence electrons. The molecule has 43 heavy (non-hydrogen) atoms. The van der Waals surface area contributed by atoms with Crippen LogP contribution in [0.5, 0.6) is 0 Å². The van der Waals surface area contributed by atoms with Gasteiger partial charge in [0.15, 0.2) is 5.90 Å². The van der Waals surface area contributed by atoms with E-state index in [9.17, 15) is 50.4 Å². The zero-order valence-corrected chi connectivity index (χ0v) is 26.2. The molecule has 4 aromatic carbocycles. The van der Waals surface area contributed by atoms with E-state index in [1.54, 1.807) is 0 Å². The van der Waals surface area contributed by atoms with Crippen molar-refractivity contribution in [1.82, 2.24) is 0 Å². The molecule has 0 heterocycles. The number of halogens is 12. The summed E-state index contributed by atoms with van der Waals surface area (Å²) in [5.74, 6) is 1.20. The van der Waals surface area contributed by atoms with Gasteiger partial charge in [-0.1, -0.05) is 72.8 Å². The number of hydrogen-bond donors (Lipinski definition) is 0. The summed E-state index contributed by atoms with van der Waals surface area (Å²) in [5.41, 5.74) is 0. The summed E-state index contributed by atoms with van der Waals surface area (Å²) in [4.78, 5) is 0. The minimum atomic E-state index is -10.7. The molecule has 0 radical (unpaired) electrons. The van der Waals surface area contributed by atoms with E-state index in [2.05, 4.69) is 135 Å². The van der Waals surface area contributed by atoms with Gasteiger partial charge in [0.05, 0.1) is 25.9 Å². The maximum absolute atomic E-state index is 10.7. The summed E-state index contributed by atoms with van der Waals surface area (Å²) >= 11 is 0. The standard InChI is InChI=1S/C27H28P2.2F6P/c1-28(2,24-15-7-3-8-16-24)23-29(25-17-9-4-10-18-25,26-19-11-5-12-20-26)27-21-13-6-14-22-27;2*1-7(2,3,4,5)6/h3-22H,23H2,1-2H3;;/q+2;2*-1. The fraction of sp³-hybridized carbons (Fsp3) is 0.111. The Morgan fingerprint density at radius 3 is 0.767 bits per heavy atom. The van der Waals surface area contributed by atoms with E-state index in [1.165, 1.54) is 27.1 Å². The minimum absolute atomic E-state index is 1.20. The molecule has 0 saturated carbocycles. The van der Waals surface area contributed by atoms with Crippen molar-refractivity contribution in [1.29, 1.82) is 0 Å². The first-order valence-electron chi connectivity index (χ1n) is 12.1. The van der Waals surface area contributed by atoms with Crippen LogP contribution in [0.15, 0.2) is 121 Å². The number of rotatable bonds is 6. The van der Waals surface area contributed by atoms with Crippen LogP contribution in [-0.2, 0) is 0 Å². The second-order valence-corrected chi connectivity index (χ2v) is 21.9. The van der Waals surface area contributed by atoms with Gasteiger partial charge in [-0.15, -0.1) is 0 Å². The van der Waals surface area contributed by atoms with E-state index in [4.69, 9.17) is 0 Å². The second kappa shape index (κ2) is 11.3. The molecule has 0 spiro atoms. The molecule has 0 nitrogen and oxygen atoms in total. The Bertz CT molecular complexity index is 1310. The summed E-state index contributed by atoms with van der Waals surface area (Å²) in [7, 11) is -24.5. The average molecular weight is 704 g/mol. The van der Waals surface area contributed by atoms with E-state index in [0.29, 0.717) is 0 Å². The first-order valence-corrected chi connectivity index (χ1v) is 21.0. The molecule has 0 amide bonds. The van der Waals surface area contributed by atoms with Crippen molar-refractivity contribution in [2.75, 3.05) is 19.2 Å². The van der Waals surface area contributed by atoms with Gasteiger partial charge >= 0.3 is 66.0 Å². The molecule has 0 saturated heterocycles. The average Bonchev–Trinajstić information content (AvgIpc) is 2.86. The van der Waals surface area contributed by atoms with Gasteiger partial charge in [-0.3, -0.25) is 0 Å². The zero-order valence-electron chi connectivity index (χ0n) is 22.6. The van der Waals surface area contributed by atoms with Gasteiger partial charge in [-0.25, -0.2) is 0 Å². The molecule has 16 heteroatoms. The molecular formula is C27H28F12P4. The van der Waals surface area contributed by atoms with E-state index in [-0.39, 0.29) is 0 Å². The fourth-order valence-corrected chi connectivity index (χ4v) is 15.0. The summed E-state index contributed by atoms with van der Waals surface area (Å²) < 4.78 is 118. The van der Waals surface area contributed by atoms with Crippen molar-refractivity contribution in [2.24, 2.45) is 0 Å². The normalized spacial score (nSPS) is 15.6. The van der Waals surface area contributed by atoms with Crippen molar-refractivity contribution >= 4 is 51.4 Å². The van der Waals surface area contributed by atoms with Gasteiger partial charge in [0, 0.05) is 0 Å². The van der Waals surface area contributed by atoms with Crippen molar-refractivity contribution in [3.8, 4) is 0 Å². The molecule has 4 aromatic rings. The summed E-state index contributed by atoms with van der Waals surface area (Å²) in [6, 6.07) is 44.8. The molecular weight excluding hydrogens is 676 g/mol. The van der Waals surface area contributed by atoms with Crippen molar-refractivity contribution in [2.45, 2.75) is 0 Å². The quantitative estimate of drug-likeness (QED) is 0.138. The third-order valence-electron chi connectivity index (χ3n) is 5.61. The van der Waals surface area contributed by atoms with Gasteiger partial charge in [0.25, 0.3) is 0 Å².